The minimum absolute atomic E-state index is 0.0261. The first-order chi connectivity index (χ1) is 18.6. The number of hydrogen-bond acceptors (Lipinski definition) is 14. The van der Waals surface area contributed by atoms with Crippen molar-refractivity contribution in [1.29, 1.82) is 0 Å². The van der Waals surface area contributed by atoms with Gasteiger partial charge in [0, 0.05) is 30.8 Å². The number of aryl methyl sites for hydroxylation is 1. The molecule has 7 N–H and O–H groups in total. The molecule has 19 nitrogen and oxygen atoms in total. The van der Waals surface area contributed by atoms with Crippen molar-refractivity contribution >= 4 is 21.5 Å². The summed E-state index contributed by atoms with van der Waals surface area (Å²) in [7, 11) is -10.5. The Morgan fingerprint density at radius 3 is 2.08 bits per heavy atom. The molecule has 0 aromatic carbocycles. The fraction of sp³-hybridized carbons (Fsp3) is 0.579. The molecule has 8 atom stereocenters. The van der Waals surface area contributed by atoms with Gasteiger partial charge in [0.25, 0.3) is 5.56 Å². The Morgan fingerprint density at radius 2 is 1.55 bits per heavy atom. The first-order valence-electron chi connectivity index (χ1n) is 11.6. The summed E-state index contributed by atoms with van der Waals surface area (Å²) in [5.74, 6) is -0.0261. The van der Waals surface area contributed by atoms with Gasteiger partial charge in [0.2, 0.25) is 0 Å². The number of anilines is 1. The summed E-state index contributed by atoms with van der Waals surface area (Å²) in [6, 6.07) is 1.33. The van der Waals surface area contributed by atoms with Crippen LogP contribution in [0.3, 0.4) is 0 Å². The summed E-state index contributed by atoms with van der Waals surface area (Å²) in [6.45, 7) is -0.118. The van der Waals surface area contributed by atoms with Crippen LogP contribution in [0.4, 0.5) is 5.82 Å². The maximum absolute atomic E-state index is 12.3. The van der Waals surface area contributed by atoms with Gasteiger partial charge in [0.1, 0.15) is 30.5 Å². The van der Waals surface area contributed by atoms with Crippen molar-refractivity contribution in [2.75, 3.05) is 18.9 Å². The number of phosphoric acid groups is 2. The average molecular weight is 611 g/mol. The quantitative estimate of drug-likeness (QED) is 0.162. The molecule has 4 rings (SSSR count). The molecule has 0 spiro atoms. The molecule has 4 heterocycles. The lowest BCUT2D eigenvalue weighted by Crippen LogP contribution is -2.33. The van der Waals surface area contributed by atoms with Gasteiger partial charge < -0.3 is 35.2 Å². The van der Waals surface area contributed by atoms with Gasteiger partial charge in [-0.15, -0.1) is 0 Å². The number of nitrogens with one attached hydrogen (secondary N) is 1. The van der Waals surface area contributed by atoms with E-state index in [1.807, 2.05) is 0 Å². The van der Waals surface area contributed by atoms with E-state index in [1.54, 1.807) is 0 Å². The van der Waals surface area contributed by atoms with Crippen LogP contribution < -0.4 is 22.7 Å². The Balaban J connectivity index is 1.29. The van der Waals surface area contributed by atoms with Crippen LogP contribution in [0.1, 0.15) is 30.9 Å². The Kier molecular flexibility index (Phi) is 8.94. The molecule has 2 aliphatic rings. The van der Waals surface area contributed by atoms with Crippen molar-refractivity contribution in [3.8, 4) is 0 Å². The molecule has 0 aliphatic carbocycles. The Labute approximate surface area is 223 Å². The van der Waals surface area contributed by atoms with E-state index in [2.05, 4.69) is 23.3 Å². The van der Waals surface area contributed by atoms with E-state index >= 15 is 0 Å². The zero-order valence-electron chi connectivity index (χ0n) is 20.7. The molecule has 222 valence electrons. The molecule has 0 saturated carbocycles. The summed E-state index contributed by atoms with van der Waals surface area (Å²) in [5, 5.41) is 20.4. The summed E-state index contributed by atoms with van der Waals surface area (Å²) >= 11 is 0. The summed E-state index contributed by atoms with van der Waals surface area (Å²) in [4.78, 5) is 61.0. The lowest BCUT2D eigenvalue weighted by atomic mass is 10.2. The molecule has 0 bridgehead atoms. The predicted octanol–water partition coefficient (Wildman–Crippen LogP) is -1.77. The number of hydrogen-bond donors (Lipinski definition) is 6. The molecule has 2 aromatic rings. The molecular weight excluding hydrogens is 584 g/mol. The maximum Gasteiger partial charge on any atom is 0.481 e. The van der Waals surface area contributed by atoms with E-state index < -0.39 is 82.7 Å². The zero-order chi connectivity index (χ0) is 29.4. The molecule has 0 radical (unpaired) electrons. The van der Waals surface area contributed by atoms with Crippen LogP contribution in [0.5, 0.6) is 0 Å². The van der Waals surface area contributed by atoms with Crippen LogP contribution in [0.25, 0.3) is 0 Å². The van der Waals surface area contributed by atoms with Gasteiger partial charge in [-0.2, -0.15) is 9.29 Å². The minimum Gasteiger partial charge on any atom is -0.390 e. The molecule has 40 heavy (non-hydrogen) atoms. The Bertz CT molecular complexity index is 1510. The van der Waals surface area contributed by atoms with Crippen LogP contribution in [0.15, 0.2) is 32.8 Å². The number of ether oxygens (including phenoxy) is 2. The van der Waals surface area contributed by atoms with Crippen molar-refractivity contribution in [2.24, 2.45) is 0 Å². The average Bonchev–Trinajstić information content (AvgIpc) is 3.40. The second kappa shape index (κ2) is 11.8. The maximum atomic E-state index is 12.3. The van der Waals surface area contributed by atoms with E-state index in [0.717, 1.165) is 9.13 Å². The van der Waals surface area contributed by atoms with Crippen molar-refractivity contribution in [3.63, 3.8) is 0 Å². The van der Waals surface area contributed by atoms with Gasteiger partial charge in [0.15, 0.2) is 0 Å². The van der Waals surface area contributed by atoms with E-state index in [0.29, 0.717) is 0 Å². The molecule has 21 heteroatoms. The van der Waals surface area contributed by atoms with E-state index in [-0.39, 0.29) is 24.2 Å². The zero-order valence-corrected chi connectivity index (χ0v) is 22.5. The van der Waals surface area contributed by atoms with Crippen molar-refractivity contribution in [1.82, 2.24) is 19.1 Å². The highest BCUT2D eigenvalue weighted by Crippen LogP contribution is 2.60. The number of aliphatic hydroxyl groups is 2. The summed E-state index contributed by atoms with van der Waals surface area (Å²) in [6.07, 6.45) is -4.77. The molecule has 0 amide bonds. The van der Waals surface area contributed by atoms with E-state index in [9.17, 15) is 43.5 Å². The van der Waals surface area contributed by atoms with E-state index in [4.69, 9.17) is 15.2 Å². The van der Waals surface area contributed by atoms with Gasteiger partial charge in [0.05, 0.1) is 25.4 Å². The standard InChI is InChI=1S/C19H27N5O14P2/c1-9-6-24(19(29)22-17(9)27)16-5-11(26)13(37-16)8-35-40(32,33)38-39(30,31)34-7-12-10(25)4-15(36-12)23-3-2-14(20)21-18(23)28/h2-3,6,10-13,15-16,25-26H,4-5,7-8H2,1H3,(H,30,31)(H,32,33)(H2,20,21,28)(H,22,27,29)/t10?,11-,12-,13-,15-,16-/m1/s1. The monoisotopic (exact) mass is 611 g/mol. The largest absolute Gasteiger partial charge is 0.481 e. The Morgan fingerprint density at radius 1 is 1.02 bits per heavy atom. The second-order valence-corrected chi connectivity index (χ2v) is 12.0. The van der Waals surface area contributed by atoms with Crippen LogP contribution in [0, 0.1) is 6.92 Å². The lowest BCUT2D eigenvalue weighted by molar-refractivity contribution is -0.0486. The highest BCUT2D eigenvalue weighted by Gasteiger charge is 2.42. The molecular formula is C19H27N5O14P2. The van der Waals surface area contributed by atoms with Crippen LogP contribution in [-0.4, -0.2) is 76.7 Å². The molecule has 2 fully saturated rings. The number of aliphatic hydroxyl groups excluding tert-OH is 2. The highest BCUT2D eigenvalue weighted by atomic mass is 31.3. The minimum atomic E-state index is -5.27. The smallest absolute Gasteiger partial charge is 0.390 e. The Hall–Kier alpha value is -2.54. The third kappa shape index (κ3) is 7.20. The normalized spacial score (nSPS) is 29.7. The summed E-state index contributed by atoms with van der Waals surface area (Å²) in [5.41, 5.74) is 3.48. The fourth-order valence-corrected chi connectivity index (χ4v) is 6.12. The van der Waals surface area contributed by atoms with Gasteiger partial charge in [-0.05, 0) is 13.0 Å². The number of nitrogens with zero attached hydrogens (tertiary/aromatic N) is 3. The van der Waals surface area contributed by atoms with Crippen molar-refractivity contribution in [3.05, 3.63) is 55.3 Å². The first kappa shape index (κ1) is 30.4. The highest BCUT2D eigenvalue weighted by molar-refractivity contribution is 7.61. The molecule has 2 saturated heterocycles. The van der Waals surface area contributed by atoms with Crippen molar-refractivity contribution < 1.29 is 52.0 Å². The SMILES string of the molecule is Cc1cn([C@H]2C[C@@H](O)[C@@H](COP(=O)(O)OP(=O)(O)OC[C@H]3O[C@@H](n4ccc(N)nc4=O)CC3O)O2)c(=O)[nH]c1=O. The van der Waals surface area contributed by atoms with Gasteiger partial charge >= 0.3 is 27.0 Å². The lowest BCUT2D eigenvalue weighted by Gasteiger charge is -2.21. The molecule has 3 unspecified atom stereocenters. The van der Waals surface area contributed by atoms with Gasteiger partial charge in [-0.25, -0.2) is 18.7 Å². The van der Waals surface area contributed by atoms with Gasteiger partial charge in [-0.3, -0.25) is 28.0 Å². The van der Waals surface area contributed by atoms with Crippen LogP contribution >= 0.6 is 15.6 Å². The number of H-pyrrole nitrogens is 1. The second-order valence-electron chi connectivity index (χ2n) is 9.00. The summed E-state index contributed by atoms with van der Waals surface area (Å²) < 4.78 is 51.2. The number of phosphoric ester groups is 2. The topological polar surface area (TPSA) is 277 Å². The first-order valence-corrected chi connectivity index (χ1v) is 14.6. The number of aromatic amines is 1. The van der Waals surface area contributed by atoms with Crippen LogP contribution in [0.2, 0.25) is 0 Å². The number of aromatic nitrogens is 4. The predicted molar refractivity (Wildman–Crippen MR) is 131 cm³/mol. The van der Waals surface area contributed by atoms with Gasteiger partial charge in [-0.1, -0.05) is 0 Å². The number of nitrogen functional groups attached to an aromatic ring is 1. The fourth-order valence-electron chi connectivity index (χ4n) is 4.03. The number of rotatable bonds is 10. The molecule has 2 aliphatic heterocycles. The van der Waals surface area contributed by atoms with Crippen LogP contribution in [-0.2, 0) is 32.0 Å². The van der Waals surface area contributed by atoms with Crippen molar-refractivity contribution in [2.45, 2.75) is 56.6 Å². The molecule has 2 aromatic heterocycles. The third-order valence-corrected chi connectivity index (χ3v) is 8.64. The third-order valence-electron chi connectivity index (χ3n) is 6.04. The van der Waals surface area contributed by atoms with E-state index in [1.165, 1.54) is 25.4 Å². The number of nitrogens with two attached hydrogens (primary N) is 1.